The molecule has 0 unspecified atom stereocenters. The van der Waals surface area contributed by atoms with Gasteiger partial charge in [0, 0.05) is 6.54 Å². The van der Waals surface area contributed by atoms with E-state index in [1.54, 1.807) is 21.3 Å². The standard InChI is InChI=1S/C16H27NO3S/c1-18-14-10-13(11-15(19-2)16(14)20-3)12-17-8-6-5-7-9-21-4/h10-11,17H,5-9,12H2,1-4H3. The smallest absolute Gasteiger partial charge is 0.203 e. The fourth-order valence-electron chi connectivity index (χ4n) is 2.14. The highest BCUT2D eigenvalue weighted by Crippen LogP contribution is 2.38. The number of hydrogen-bond acceptors (Lipinski definition) is 5. The summed E-state index contributed by atoms with van der Waals surface area (Å²) in [6.45, 7) is 1.84. The molecule has 120 valence electrons. The Morgan fingerprint density at radius 1 is 0.952 bits per heavy atom. The van der Waals surface area contributed by atoms with Gasteiger partial charge in [0.15, 0.2) is 11.5 Å². The molecule has 0 saturated heterocycles. The lowest BCUT2D eigenvalue weighted by atomic mass is 10.1. The predicted molar refractivity (Wildman–Crippen MR) is 90.0 cm³/mol. The second-order valence-corrected chi connectivity index (χ2v) is 5.75. The highest BCUT2D eigenvalue weighted by Gasteiger charge is 2.12. The maximum Gasteiger partial charge on any atom is 0.203 e. The van der Waals surface area contributed by atoms with Gasteiger partial charge in [-0.15, -0.1) is 0 Å². The lowest BCUT2D eigenvalue weighted by Gasteiger charge is -2.14. The van der Waals surface area contributed by atoms with Gasteiger partial charge in [0.25, 0.3) is 0 Å². The van der Waals surface area contributed by atoms with E-state index in [4.69, 9.17) is 14.2 Å². The Balaban J connectivity index is 2.48. The molecule has 5 heteroatoms. The molecule has 0 amide bonds. The Kier molecular flexibility index (Phi) is 9.10. The first kappa shape index (κ1) is 18.0. The van der Waals surface area contributed by atoms with E-state index >= 15 is 0 Å². The van der Waals surface area contributed by atoms with Crippen molar-refractivity contribution in [3.05, 3.63) is 17.7 Å². The number of ether oxygens (including phenoxy) is 3. The second kappa shape index (κ2) is 10.6. The highest BCUT2D eigenvalue weighted by molar-refractivity contribution is 7.98. The van der Waals surface area contributed by atoms with E-state index in [1.165, 1.54) is 25.0 Å². The first-order valence-electron chi connectivity index (χ1n) is 7.25. The summed E-state index contributed by atoms with van der Waals surface area (Å²) in [5.41, 5.74) is 1.13. The van der Waals surface area contributed by atoms with E-state index in [-0.39, 0.29) is 0 Å². The van der Waals surface area contributed by atoms with Gasteiger partial charge < -0.3 is 19.5 Å². The first-order valence-corrected chi connectivity index (χ1v) is 8.64. The fraction of sp³-hybridized carbons (Fsp3) is 0.625. The largest absolute Gasteiger partial charge is 0.493 e. The van der Waals surface area contributed by atoms with E-state index < -0.39 is 0 Å². The number of unbranched alkanes of at least 4 members (excludes halogenated alkanes) is 2. The Labute approximate surface area is 132 Å². The molecule has 0 spiro atoms. The number of hydrogen-bond donors (Lipinski definition) is 1. The van der Waals surface area contributed by atoms with E-state index in [0.717, 1.165) is 18.7 Å². The van der Waals surface area contributed by atoms with Gasteiger partial charge in [-0.1, -0.05) is 6.42 Å². The van der Waals surface area contributed by atoms with Gasteiger partial charge in [-0.05, 0) is 49.1 Å². The van der Waals surface area contributed by atoms with Crippen LogP contribution in [0.5, 0.6) is 17.2 Å². The van der Waals surface area contributed by atoms with Crippen LogP contribution < -0.4 is 19.5 Å². The Morgan fingerprint density at radius 2 is 1.62 bits per heavy atom. The molecular weight excluding hydrogens is 286 g/mol. The van der Waals surface area contributed by atoms with Crippen LogP contribution >= 0.6 is 11.8 Å². The molecule has 0 aliphatic heterocycles. The molecule has 0 aromatic heterocycles. The fourth-order valence-corrected chi connectivity index (χ4v) is 2.64. The van der Waals surface area contributed by atoms with Crippen molar-refractivity contribution in [3.8, 4) is 17.2 Å². The Bertz CT molecular complexity index is 388. The second-order valence-electron chi connectivity index (χ2n) is 4.76. The molecule has 1 N–H and O–H groups in total. The van der Waals surface area contributed by atoms with Crippen LogP contribution in [0.2, 0.25) is 0 Å². The summed E-state index contributed by atoms with van der Waals surface area (Å²) < 4.78 is 16.0. The van der Waals surface area contributed by atoms with Gasteiger partial charge in [0.05, 0.1) is 21.3 Å². The van der Waals surface area contributed by atoms with E-state index in [1.807, 2.05) is 23.9 Å². The molecule has 4 nitrogen and oxygen atoms in total. The van der Waals surface area contributed by atoms with Crippen LogP contribution in [0.15, 0.2) is 12.1 Å². The number of methoxy groups -OCH3 is 3. The summed E-state index contributed by atoms with van der Waals surface area (Å²) in [4.78, 5) is 0. The zero-order chi connectivity index (χ0) is 15.5. The minimum atomic E-state index is 0.640. The Hall–Kier alpha value is -1.07. The summed E-state index contributed by atoms with van der Waals surface area (Å²) in [7, 11) is 4.90. The molecule has 0 aliphatic rings. The number of nitrogens with one attached hydrogen (secondary N) is 1. The van der Waals surface area contributed by atoms with Gasteiger partial charge in [-0.3, -0.25) is 0 Å². The summed E-state index contributed by atoms with van der Waals surface area (Å²) >= 11 is 1.91. The zero-order valence-corrected chi connectivity index (χ0v) is 14.3. The average molecular weight is 313 g/mol. The van der Waals surface area contributed by atoms with Crippen LogP contribution in [0.3, 0.4) is 0 Å². The van der Waals surface area contributed by atoms with Crippen molar-refractivity contribution in [1.82, 2.24) is 5.32 Å². The zero-order valence-electron chi connectivity index (χ0n) is 13.5. The Morgan fingerprint density at radius 3 is 2.14 bits per heavy atom. The molecule has 0 fully saturated rings. The van der Waals surface area contributed by atoms with Crippen molar-refractivity contribution in [2.45, 2.75) is 25.8 Å². The van der Waals surface area contributed by atoms with Crippen molar-refractivity contribution in [1.29, 1.82) is 0 Å². The predicted octanol–water partition coefficient (Wildman–Crippen LogP) is 3.34. The number of benzene rings is 1. The molecule has 0 radical (unpaired) electrons. The van der Waals surface area contributed by atoms with Crippen LogP contribution in [0.1, 0.15) is 24.8 Å². The first-order chi connectivity index (χ1) is 10.3. The molecule has 0 aliphatic carbocycles. The van der Waals surface area contributed by atoms with Gasteiger partial charge in [-0.25, -0.2) is 0 Å². The molecule has 0 bridgehead atoms. The highest BCUT2D eigenvalue weighted by atomic mass is 32.2. The molecular formula is C16H27NO3S. The lowest BCUT2D eigenvalue weighted by molar-refractivity contribution is 0.323. The van der Waals surface area contributed by atoms with Crippen LogP contribution in [0.25, 0.3) is 0 Å². The van der Waals surface area contributed by atoms with Crippen LogP contribution in [-0.4, -0.2) is 39.9 Å². The average Bonchev–Trinajstić information content (AvgIpc) is 2.52. The molecule has 1 aromatic rings. The van der Waals surface area contributed by atoms with Gasteiger partial charge in [0.1, 0.15) is 0 Å². The third-order valence-corrected chi connectivity index (χ3v) is 3.95. The lowest BCUT2D eigenvalue weighted by Crippen LogP contribution is -2.15. The van der Waals surface area contributed by atoms with Crippen molar-refractivity contribution < 1.29 is 14.2 Å². The molecule has 21 heavy (non-hydrogen) atoms. The minimum Gasteiger partial charge on any atom is -0.493 e. The van der Waals surface area contributed by atoms with Crippen LogP contribution in [0, 0.1) is 0 Å². The van der Waals surface area contributed by atoms with Gasteiger partial charge >= 0.3 is 0 Å². The van der Waals surface area contributed by atoms with Crippen LogP contribution in [-0.2, 0) is 6.54 Å². The molecule has 0 atom stereocenters. The number of thioether (sulfide) groups is 1. The quantitative estimate of drug-likeness (QED) is 0.635. The van der Waals surface area contributed by atoms with E-state index in [0.29, 0.717) is 17.2 Å². The third-order valence-electron chi connectivity index (χ3n) is 3.26. The normalized spacial score (nSPS) is 10.5. The monoisotopic (exact) mass is 313 g/mol. The molecule has 0 heterocycles. The van der Waals surface area contributed by atoms with Crippen molar-refractivity contribution >= 4 is 11.8 Å². The number of rotatable bonds is 11. The molecule has 0 saturated carbocycles. The van der Waals surface area contributed by atoms with Gasteiger partial charge in [0.2, 0.25) is 5.75 Å². The molecule has 1 aromatic carbocycles. The summed E-state index contributed by atoms with van der Waals surface area (Å²) in [5.74, 6) is 3.30. The summed E-state index contributed by atoms with van der Waals surface area (Å²) in [5, 5.41) is 3.46. The van der Waals surface area contributed by atoms with E-state index in [9.17, 15) is 0 Å². The van der Waals surface area contributed by atoms with Crippen molar-refractivity contribution in [2.24, 2.45) is 0 Å². The third kappa shape index (κ3) is 6.06. The minimum absolute atomic E-state index is 0.640. The topological polar surface area (TPSA) is 39.7 Å². The molecule has 1 rings (SSSR count). The SMILES string of the molecule is COc1cc(CNCCCCCSC)cc(OC)c1OC. The van der Waals surface area contributed by atoms with Crippen molar-refractivity contribution in [3.63, 3.8) is 0 Å². The van der Waals surface area contributed by atoms with Crippen LogP contribution in [0.4, 0.5) is 0 Å². The van der Waals surface area contributed by atoms with Crippen molar-refractivity contribution in [2.75, 3.05) is 39.9 Å². The summed E-state index contributed by atoms with van der Waals surface area (Å²) in [6, 6.07) is 3.98. The summed E-state index contributed by atoms with van der Waals surface area (Å²) in [6.07, 6.45) is 5.95. The maximum atomic E-state index is 5.36. The van der Waals surface area contributed by atoms with E-state index in [2.05, 4.69) is 11.6 Å². The van der Waals surface area contributed by atoms with Gasteiger partial charge in [-0.2, -0.15) is 11.8 Å². The maximum absolute atomic E-state index is 5.36.